The first-order valence-electron chi connectivity index (χ1n) is 13.4. The quantitative estimate of drug-likeness (QED) is 0.0668. The van der Waals surface area contributed by atoms with E-state index in [2.05, 4.69) is 10.2 Å². The molecule has 0 saturated carbocycles. The standard InChI is InChI=1S/C31H28FN3O6S2/c1-4-40-23-15-12-19(16-24(23)41-5-2)26-25(27(36)18-10-13-21(39-3)14-11-18)28(37)29(38)35(26)30-33-34-31(43-30)42-17-20-8-6-7-9-22(20)32/h6-16,26,36H,4-5,17H2,1-3H3/b27-25+. The molecule has 1 aromatic heterocycles. The van der Waals surface area contributed by atoms with Crippen LogP contribution in [0.3, 0.4) is 0 Å². The number of hydrogen-bond acceptors (Lipinski definition) is 10. The van der Waals surface area contributed by atoms with E-state index in [-0.39, 0.29) is 22.3 Å². The van der Waals surface area contributed by atoms with E-state index < -0.39 is 17.7 Å². The van der Waals surface area contributed by atoms with Gasteiger partial charge in [0.2, 0.25) is 5.13 Å². The molecule has 1 atom stereocenters. The molecule has 4 aromatic rings. The Morgan fingerprint density at radius 2 is 1.72 bits per heavy atom. The average molecular weight is 622 g/mol. The summed E-state index contributed by atoms with van der Waals surface area (Å²) in [5, 5.41) is 20.0. The average Bonchev–Trinajstić information content (AvgIpc) is 3.59. The van der Waals surface area contributed by atoms with Crippen LogP contribution in [0.25, 0.3) is 5.76 Å². The van der Waals surface area contributed by atoms with Crippen molar-refractivity contribution in [3.05, 3.63) is 94.8 Å². The van der Waals surface area contributed by atoms with Gasteiger partial charge in [-0.2, -0.15) is 0 Å². The molecular formula is C31H28FN3O6S2. The predicted molar refractivity (Wildman–Crippen MR) is 162 cm³/mol. The Bertz CT molecular complexity index is 1670. The Morgan fingerprint density at radius 3 is 2.42 bits per heavy atom. The number of aliphatic hydroxyl groups excluding tert-OH is 1. The van der Waals surface area contributed by atoms with Gasteiger partial charge >= 0.3 is 5.91 Å². The van der Waals surface area contributed by atoms with Gasteiger partial charge in [-0.1, -0.05) is 47.4 Å². The summed E-state index contributed by atoms with van der Waals surface area (Å²) in [6, 6.07) is 17.0. The molecule has 0 bridgehead atoms. The number of halogens is 1. The summed E-state index contributed by atoms with van der Waals surface area (Å²) in [7, 11) is 1.52. The number of aliphatic hydroxyl groups is 1. The van der Waals surface area contributed by atoms with Crippen LogP contribution in [-0.2, 0) is 15.3 Å². The van der Waals surface area contributed by atoms with Crippen molar-refractivity contribution in [1.29, 1.82) is 0 Å². The molecule has 1 unspecified atom stereocenters. The number of benzene rings is 3. The number of thioether (sulfide) groups is 1. The molecule has 12 heteroatoms. The van der Waals surface area contributed by atoms with Crippen LogP contribution in [0.1, 0.15) is 36.6 Å². The Hall–Kier alpha value is -4.42. The number of hydrogen-bond donors (Lipinski definition) is 1. The maximum absolute atomic E-state index is 14.2. The molecule has 1 fully saturated rings. The van der Waals surface area contributed by atoms with Crippen LogP contribution in [0.5, 0.6) is 17.2 Å². The lowest BCUT2D eigenvalue weighted by Gasteiger charge is -2.23. The van der Waals surface area contributed by atoms with Gasteiger partial charge in [0.1, 0.15) is 17.3 Å². The summed E-state index contributed by atoms with van der Waals surface area (Å²) in [6.07, 6.45) is 0. The first kappa shape index (κ1) is 30.1. The second-order valence-electron chi connectivity index (χ2n) is 9.20. The zero-order chi connectivity index (χ0) is 30.5. The maximum atomic E-state index is 14.2. The lowest BCUT2D eigenvalue weighted by atomic mass is 9.95. The highest BCUT2D eigenvalue weighted by molar-refractivity contribution is 8.00. The second-order valence-corrected chi connectivity index (χ2v) is 11.4. The highest BCUT2D eigenvalue weighted by Crippen LogP contribution is 2.45. The molecule has 9 nitrogen and oxygen atoms in total. The molecule has 222 valence electrons. The van der Waals surface area contributed by atoms with E-state index in [9.17, 15) is 19.1 Å². The van der Waals surface area contributed by atoms with Gasteiger partial charge in [-0.25, -0.2) is 4.39 Å². The molecule has 1 N–H and O–H groups in total. The monoisotopic (exact) mass is 621 g/mol. The fraction of sp³-hybridized carbons (Fsp3) is 0.226. The van der Waals surface area contributed by atoms with Gasteiger partial charge in [-0.15, -0.1) is 10.2 Å². The van der Waals surface area contributed by atoms with Crippen molar-refractivity contribution in [3.63, 3.8) is 0 Å². The summed E-state index contributed by atoms with van der Waals surface area (Å²) in [6.45, 7) is 4.45. The molecule has 1 saturated heterocycles. The van der Waals surface area contributed by atoms with Crippen molar-refractivity contribution in [2.75, 3.05) is 25.2 Å². The highest BCUT2D eigenvalue weighted by Gasteiger charge is 2.48. The third-order valence-corrected chi connectivity index (χ3v) is 8.71. The van der Waals surface area contributed by atoms with E-state index >= 15 is 0 Å². The van der Waals surface area contributed by atoms with Crippen molar-refractivity contribution < 1.29 is 33.3 Å². The third-order valence-electron chi connectivity index (χ3n) is 6.60. The van der Waals surface area contributed by atoms with E-state index in [4.69, 9.17) is 14.2 Å². The van der Waals surface area contributed by atoms with Crippen LogP contribution in [-0.4, -0.2) is 47.3 Å². The highest BCUT2D eigenvalue weighted by atomic mass is 32.2. The summed E-state index contributed by atoms with van der Waals surface area (Å²) >= 11 is 2.36. The fourth-order valence-corrected chi connectivity index (χ4v) is 6.45. The van der Waals surface area contributed by atoms with Crippen molar-refractivity contribution in [2.24, 2.45) is 0 Å². The van der Waals surface area contributed by atoms with Crippen LogP contribution >= 0.6 is 23.1 Å². The molecule has 1 aliphatic heterocycles. The van der Waals surface area contributed by atoms with Gasteiger partial charge in [0.05, 0.1) is 31.9 Å². The fourth-order valence-electron chi connectivity index (χ4n) is 4.60. The number of methoxy groups -OCH3 is 1. The Kier molecular flexibility index (Phi) is 9.27. The van der Waals surface area contributed by atoms with E-state index in [1.165, 1.54) is 29.8 Å². The number of nitrogens with zero attached hydrogens (tertiary/aromatic N) is 3. The summed E-state index contributed by atoms with van der Waals surface area (Å²) < 4.78 is 31.4. The Labute approximate surface area is 255 Å². The van der Waals surface area contributed by atoms with Crippen LogP contribution < -0.4 is 19.1 Å². The van der Waals surface area contributed by atoms with Crippen LogP contribution in [0, 0.1) is 5.82 Å². The topological polar surface area (TPSA) is 111 Å². The maximum Gasteiger partial charge on any atom is 0.301 e. The SMILES string of the molecule is CCOc1ccc(C2/C(=C(\O)c3ccc(OC)cc3)C(=O)C(=O)N2c2nnc(SCc3ccccc3F)s2)cc1OCC. The van der Waals surface area contributed by atoms with Crippen molar-refractivity contribution in [2.45, 2.75) is 30.0 Å². The third kappa shape index (κ3) is 6.20. The van der Waals surface area contributed by atoms with Crippen LogP contribution in [0.15, 0.2) is 76.6 Å². The molecule has 2 heterocycles. The van der Waals surface area contributed by atoms with E-state index in [0.29, 0.717) is 57.2 Å². The van der Waals surface area contributed by atoms with E-state index in [0.717, 1.165) is 11.3 Å². The molecule has 1 amide bonds. The summed E-state index contributed by atoms with van der Waals surface area (Å²) in [5.41, 5.74) is 1.22. The minimum atomic E-state index is -1.05. The second kappa shape index (κ2) is 13.3. The van der Waals surface area contributed by atoms with E-state index in [1.54, 1.807) is 60.7 Å². The first-order valence-corrected chi connectivity index (χ1v) is 15.2. The largest absolute Gasteiger partial charge is 0.507 e. The lowest BCUT2D eigenvalue weighted by Crippen LogP contribution is -2.29. The van der Waals surface area contributed by atoms with Crippen molar-refractivity contribution >= 4 is 45.7 Å². The van der Waals surface area contributed by atoms with Gasteiger partial charge in [0.15, 0.2) is 15.8 Å². The Balaban J connectivity index is 1.59. The molecule has 1 aliphatic rings. The van der Waals surface area contributed by atoms with Gasteiger partial charge in [0, 0.05) is 11.3 Å². The normalized spacial score (nSPS) is 16.0. The van der Waals surface area contributed by atoms with Gasteiger partial charge in [-0.3, -0.25) is 14.5 Å². The number of aromatic nitrogens is 2. The van der Waals surface area contributed by atoms with Crippen molar-refractivity contribution in [1.82, 2.24) is 10.2 Å². The van der Waals surface area contributed by atoms with Gasteiger partial charge < -0.3 is 19.3 Å². The zero-order valence-corrected chi connectivity index (χ0v) is 25.2. The number of ketones is 1. The molecule has 3 aromatic carbocycles. The number of rotatable bonds is 11. The molecule has 0 radical (unpaired) electrons. The van der Waals surface area contributed by atoms with E-state index in [1.807, 2.05) is 13.8 Å². The number of ether oxygens (including phenoxy) is 3. The van der Waals surface area contributed by atoms with Gasteiger partial charge in [-0.05, 0) is 67.4 Å². The Morgan fingerprint density at radius 1 is 1.00 bits per heavy atom. The molecule has 43 heavy (non-hydrogen) atoms. The van der Waals surface area contributed by atoms with Crippen molar-refractivity contribution in [3.8, 4) is 17.2 Å². The smallest absolute Gasteiger partial charge is 0.301 e. The zero-order valence-electron chi connectivity index (χ0n) is 23.6. The first-order chi connectivity index (χ1) is 20.9. The minimum absolute atomic E-state index is 0.113. The molecule has 0 aliphatic carbocycles. The number of carbonyl (C=O) groups excluding carboxylic acids is 2. The van der Waals surface area contributed by atoms with Gasteiger partial charge in [0.25, 0.3) is 5.78 Å². The van der Waals surface area contributed by atoms with Crippen LogP contribution in [0.2, 0.25) is 0 Å². The van der Waals surface area contributed by atoms with Crippen LogP contribution in [0.4, 0.5) is 9.52 Å². The number of anilines is 1. The lowest BCUT2D eigenvalue weighted by molar-refractivity contribution is -0.132. The summed E-state index contributed by atoms with van der Waals surface area (Å²) in [4.78, 5) is 28.4. The minimum Gasteiger partial charge on any atom is -0.507 e. The number of carbonyl (C=O) groups is 2. The number of amides is 1. The molecule has 5 rings (SSSR count). The summed E-state index contributed by atoms with van der Waals surface area (Å²) in [5.74, 6) is -0.621. The number of Topliss-reactive ketones (excluding diaryl/α,β-unsaturated/α-hetero) is 1. The molecule has 0 spiro atoms. The molecular weight excluding hydrogens is 593 g/mol. The predicted octanol–water partition coefficient (Wildman–Crippen LogP) is 6.40.